The highest BCUT2D eigenvalue weighted by Crippen LogP contribution is 2.31. The van der Waals surface area contributed by atoms with E-state index in [2.05, 4.69) is 20.7 Å². The van der Waals surface area contributed by atoms with Gasteiger partial charge in [0, 0.05) is 60.8 Å². The van der Waals surface area contributed by atoms with Gasteiger partial charge in [0.25, 0.3) is 0 Å². The quantitative estimate of drug-likeness (QED) is 0.224. The number of imidazole rings is 1. The van der Waals surface area contributed by atoms with E-state index in [0.717, 1.165) is 54.8 Å². The fourth-order valence-corrected chi connectivity index (χ4v) is 6.60. The van der Waals surface area contributed by atoms with Gasteiger partial charge in [0.2, 0.25) is 0 Å². The first-order valence-corrected chi connectivity index (χ1v) is 15.8. The standard InChI is InChI=1S/C31H40N8O3S/c1-31(2,3)26-16-27(37-42-26)36-29(40)34-22-8-6-21(7-9-22)24-19-39-25(28(32)43-30(39)35-24)18-33-17-20-4-10-23(11-5-20)38-12-14-41-15-13-38/h6-9,16,18-20,23H,4-5,10-15,17,32H2,1-3H3,(H2,34,36,37,40). The third-order valence-electron chi connectivity index (χ3n) is 8.27. The number of morpholine rings is 1. The van der Waals surface area contributed by atoms with Gasteiger partial charge in [-0.25, -0.2) is 9.78 Å². The Kier molecular flexibility index (Phi) is 8.51. The Hall–Kier alpha value is -3.74. The first-order chi connectivity index (χ1) is 20.7. The number of nitrogens with two attached hydrogens (primary N) is 1. The van der Waals surface area contributed by atoms with Gasteiger partial charge in [0.15, 0.2) is 10.8 Å². The highest BCUT2D eigenvalue weighted by molar-refractivity contribution is 7.21. The number of urea groups is 1. The molecule has 3 aromatic heterocycles. The number of nitrogen functional groups attached to an aromatic ring is 1. The first kappa shape index (κ1) is 29.3. The number of nitrogens with one attached hydrogen (secondary N) is 2. The van der Waals surface area contributed by atoms with Crippen LogP contribution in [0.15, 0.2) is 46.0 Å². The zero-order valence-electron chi connectivity index (χ0n) is 25.0. The molecule has 4 heterocycles. The number of hydrogen-bond donors (Lipinski definition) is 3. The molecule has 43 heavy (non-hydrogen) atoms. The number of carbonyl (C=O) groups excluding carboxylic acids is 1. The molecule has 2 aliphatic rings. The number of aromatic nitrogens is 3. The van der Waals surface area contributed by atoms with Gasteiger partial charge in [-0.05, 0) is 43.7 Å². The summed E-state index contributed by atoms with van der Waals surface area (Å²) in [4.78, 5) is 25.5. The molecule has 1 aliphatic heterocycles. The van der Waals surface area contributed by atoms with Crippen molar-refractivity contribution in [1.82, 2.24) is 19.4 Å². The molecule has 0 spiro atoms. The second-order valence-corrected chi connectivity index (χ2v) is 13.4. The number of fused-ring (bicyclic) bond motifs is 1. The van der Waals surface area contributed by atoms with E-state index in [0.29, 0.717) is 34.2 Å². The Labute approximate surface area is 255 Å². The Morgan fingerprint density at radius 2 is 1.88 bits per heavy atom. The van der Waals surface area contributed by atoms with E-state index >= 15 is 0 Å². The first-order valence-electron chi connectivity index (χ1n) is 15.0. The molecule has 11 nitrogen and oxygen atoms in total. The van der Waals surface area contributed by atoms with Crippen LogP contribution in [0.3, 0.4) is 0 Å². The monoisotopic (exact) mass is 604 g/mol. The predicted molar refractivity (Wildman–Crippen MR) is 171 cm³/mol. The number of anilines is 3. The summed E-state index contributed by atoms with van der Waals surface area (Å²) in [5.41, 5.74) is 9.44. The Morgan fingerprint density at radius 3 is 2.58 bits per heavy atom. The van der Waals surface area contributed by atoms with Crippen molar-refractivity contribution in [1.29, 1.82) is 0 Å². The number of aliphatic imine (C=N–C) groups is 1. The van der Waals surface area contributed by atoms with Gasteiger partial charge in [-0.2, -0.15) is 0 Å². The van der Waals surface area contributed by atoms with Crippen LogP contribution < -0.4 is 16.4 Å². The van der Waals surface area contributed by atoms with Gasteiger partial charge < -0.3 is 20.3 Å². The number of ether oxygens (including phenoxy) is 1. The summed E-state index contributed by atoms with van der Waals surface area (Å²) in [5.74, 6) is 1.69. The number of thiazole rings is 1. The molecule has 228 valence electrons. The lowest BCUT2D eigenvalue weighted by Gasteiger charge is -2.38. The van der Waals surface area contributed by atoms with E-state index in [-0.39, 0.29) is 5.41 Å². The molecule has 2 fully saturated rings. The molecule has 1 saturated heterocycles. The lowest BCUT2D eigenvalue weighted by Crippen LogP contribution is -2.45. The number of benzene rings is 1. The van der Waals surface area contributed by atoms with Crippen LogP contribution in [0.25, 0.3) is 16.2 Å². The predicted octanol–water partition coefficient (Wildman–Crippen LogP) is 5.88. The number of carbonyl (C=O) groups is 1. The van der Waals surface area contributed by atoms with Crippen LogP contribution in [0.4, 0.5) is 21.3 Å². The van der Waals surface area contributed by atoms with Crippen molar-refractivity contribution in [2.75, 3.05) is 49.2 Å². The number of rotatable bonds is 7. The molecule has 0 bridgehead atoms. The summed E-state index contributed by atoms with van der Waals surface area (Å²) in [6.45, 7) is 10.7. The summed E-state index contributed by atoms with van der Waals surface area (Å²) in [6.07, 6.45) is 8.82. The normalized spacial score (nSPS) is 20.2. The zero-order valence-corrected chi connectivity index (χ0v) is 25.8. The zero-order chi connectivity index (χ0) is 30.0. The maximum Gasteiger partial charge on any atom is 0.324 e. The summed E-state index contributed by atoms with van der Waals surface area (Å²) in [7, 11) is 0. The van der Waals surface area contributed by atoms with Gasteiger partial charge in [-0.15, -0.1) is 0 Å². The maximum absolute atomic E-state index is 12.5. The van der Waals surface area contributed by atoms with E-state index in [1.54, 1.807) is 6.07 Å². The summed E-state index contributed by atoms with van der Waals surface area (Å²) >= 11 is 1.46. The topological polar surface area (TPSA) is 135 Å². The molecule has 4 N–H and O–H groups in total. The van der Waals surface area contributed by atoms with Crippen molar-refractivity contribution in [3.05, 3.63) is 48.0 Å². The van der Waals surface area contributed by atoms with Gasteiger partial charge in [-0.1, -0.05) is 49.4 Å². The minimum Gasteiger partial charge on any atom is -0.389 e. The molecule has 0 unspecified atom stereocenters. The molecule has 6 rings (SSSR count). The third-order valence-corrected chi connectivity index (χ3v) is 9.17. The lowest BCUT2D eigenvalue weighted by atomic mass is 9.85. The molecule has 4 aromatic rings. The molecule has 0 atom stereocenters. The van der Waals surface area contributed by atoms with Crippen LogP contribution in [0.2, 0.25) is 0 Å². The van der Waals surface area contributed by atoms with Crippen LogP contribution in [-0.4, -0.2) is 70.6 Å². The van der Waals surface area contributed by atoms with E-state index in [1.165, 1.54) is 37.0 Å². The van der Waals surface area contributed by atoms with E-state index in [1.807, 2.05) is 61.8 Å². The van der Waals surface area contributed by atoms with Gasteiger partial charge >= 0.3 is 6.03 Å². The fraction of sp³-hybridized carbons (Fsp3) is 0.484. The Balaban J connectivity index is 1.04. The molecule has 2 amide bonds. The van der Waals surface area contributed by atoms with Crippen LogP contribution in [-0.2, 0) is 10.2 Å². The minimum atomic E-state index is -0.395. The van der Waals surface area contributed by atoms with Crippen molar-refractivity contribution >= 4 is 45.0 Å². The lowest BCUT2D eigenvalue weighted by molar-refractivity contribution is 0.00528. The smallest absolute Gasteiger partial charge is 0.324 e. The molecular weight excluding hydrogens is 564 g/mol. The van der Waals surface area contributed by atoms with Crippen LogP contribution in [0.1, 0.15) is 57.9 Å². The van der Waals surface area contributed by atoms with Crippen molar-refractivity contribution in [2.24, 2.45) is 10.9 Å². The summed E-state index contributed by atoms with van der Waals surface area (Å²) in [6, 6.07) is 9.58. The SMILES string of the molecule is CC(C)(C)c1cc(NC(=O)Nc2ccc(-c3cn4c(C=NCC5CCC(N6CCOCC6)CC5)c(N)sc4n3)cc2)no1. The summed E-state index contributed by atoms with van der Waals surface area (Å²) < 4.78 is 12.9. The molecular formula is C31H40N8O3S. The van der Waals surface area contributed by atoms with Crippen LogP contribution in [0.5, 0.6) is 0 Å². The minimum absolute atomic E-state index is 0.192. The average molecular weight is 605 g/mol. The Morgan fingerprint density at radius 1 is 1.14 bits per heavy atom. The van der Waals surface area contributed by atoms with Gasteiger partial charge in [-0.3, -0.25) is 19.6 Å². The Bertz CT molecular complexity index is 1570. The highest BCUT2D eigenvalue weighted by Gasteiger charge is 2.27. The van der Waals surface area contributed by atoms with Crippen molar-refractivity contribution in [3.8, 4) is 11.3 Å². The molecule has 0 radical (unpaired) electrons. The average Bonchev–Trinajstić information content (AvgIpc) is 3.70. The largest absolute Gasteiger partial charge is 0.389 e. The molecule has 1 aromatic carbocycles. The molecule has 1 saturated carbocycles. The fourth-order valence-electron chi connectivity index (χ4n) is 5.76. The molecule has 1 aliphatic carbocycles. The van der Waals surface area contributed by atoms with Crippen molar-refractivity contribution in [2.45, 2.75) is 57.9 Å². The van der Waals surface area contributed by atoms with Crippen LogP contribution >= 0.6 is 11.3 Å². The highest BCUT2D eigenvalue weighted by atomic mass is 32.1. The van der Waals surface area contributed by atoms with E-state index in [4.69, 9.17) is 25.0 Å². The van der Waals surface area contributed by atoms with Gasteiger partial charge in [0.1, 0.15) is 10.8 Å². The second kappa shape index (κ2) is 12.5. The third kappa shape index (κ3) is 6.92. The van der Waals surface area contributed by atoms with E-state index < -0.39 is 6.03 Å². The second-order valence-electron chi connectivity index (χ2n) is 12.4. The summed E-state index contributed by atoms with van der Waals surface area (Å²) in [5, 5.41) is 10.2. The van der Waals surface area contributed by atoms with Crippen molar-refractivity contribution < 1.29 is 14.1 Å². The molecule has 12 heteroatoms. The van der Waals surface area contributed by atoms with E-state index in [9.17, 15) is 4.79 Å². The van der Waals surface area contributed by atoms with Crippen LogP contribution in [0, 0.1) is 5.92 Å². The number of nitrogens with zero attached hydrogens (tertiary/aromatic N) is 5. The maximum atomic E-state index is 12.5. The number of amides is 2. The van der Waals surface area contributed by atoms with Crippen molar-refractivity contribution in [3.63, 3.8) is 0 Å². The van der Waals surface area contributed by atoms with Gasteiger partial charge in [0.05, 0.1) is 24.6 Å². The number of hydrogen-bond acceptors (Lipinski definition) is 9.